The van der Waals surface area contributed by atoms with Crippen molar-refractivity contribution in [1.82, 2.24) is 19.9 Å². The summed E-state index contributed by atoms with van der Waals surface area (Å²) in [6.07, 6.45) is -7.27. The van der Waals surface area contributed by atoms with E-state index in [0.29, 0.717) is 12.3 Å². The minimum absolute atomic E-state index is 0. The van der Waals surface area contributed by atoms with Crippen LogP contribution in [0, 0.1) is 0 Å². The molecular weight excluding hydrogens is 666 g/mol. The van der Waals surface area contributed by atoms with E-state index in [2.05, 4.69) is 24.7 Å². The molecule has 1 N–H and O–H groups in total. The van der Waals surface area contributed by atoms with Gasteiger partial charge in [-0.25, -0.2) is 37.9 Å². The summed E-state index contributed by atoms with van der Waals surface area (Å²) >= 11 is 0.990. The van der Waals surface area contributed by atoms with Gasteiger partial charge in [0.25, 0.3) is 0 Å². The second-order valence-electron chi connectivity index (χ2n) is 8.70. The molecule has 18 heteroatoms. The Bertz CT molecular complexity index is 1850. The number of carboxylic acid groups (broad SMARTS) is 1. The second kappa shape index (κ2) is 14.7. The summed E-state index contributed by atoms with van der Waals surface area (Å²) in [7, 11) is -2.92. The monoisotopic (exact) mass is 690 g/mol. The van der Waals surface area contributed by atoms with E-state index in [9.17, 15) is 44.3 Å². The van der Waals surface area contributed by atoms with Crippen LogP contribution in [0.3, 0.4) is 0 Å². The quantitative estimate of drug-likeness (QED) is 0.101. The van der Waals surface area contributed by atoms with E-state index in [4.69, 9.17) is 5.11 Å². The van der Waals surface area contributed by atoms with E-state index < -0.39 is 56.4 Å². The fraction of sp³-hybridized carbons (Fsp3) is 0.214. The van der Waals surface area contributed by atoms with E-state index in [1.165, 1.54) is 43.5 Å². The van der Waals surface area contributed by atoms with Crippen molar-refractivity contribution in [3.8, 4) is 22.5 Å². The maximum Gasteiger partial charge on any atom is 0.433 e. The largest absolute Gasteiger partial charge is 0.478 e. The van der Waals surface area contributed by atoms with Gasteiger partial charge in [-0.3, -0.25) is 0 Å². The molecule has 2 heterocycles. The molecule has 0 fully saturated rings. The van der Waals surface area contributed by atoms with Crippen LogP contribution in [0.25, 0.3) is 22.5 Å². The molecule has 10 nitrogen and oxygen atoms in total. The average molecular weight is 691 g/mol. The van der Waals surface area contributed by atoms with Crippen LogP contribution in [0.1, 0.15) is 39.5 Å². The third-order valence-corrected chi connectivity index (χ3v) is 6.94. The number of ether oxygens (including phenoxy) is 1. The number of alkyl halides is 6. The van der Waals surface area contributed by atoms with Crippen molar-refractivity contribution in [1.29, 1.82) is 0 Å². The molecule has 2 aromatic carbocycles. The SMILES string of the molecule is C.COC(=O)c1ccccc1-c1cc(C(F)(F)F)nc(SC)n1.CS(=O)(=O)c1nc(-c2ccccc2C(=O)O)cc(C(F)(F)F)n1. The second-order valence-corrected chi connectivity index (χ2v) is 11.4. The van der Waals surface area contributed by atoms with Crippen LogP contribution in [-0.4, -0.2) is 65.0 Å². The molecule has 0 aliphatic rings. The number of hydrogen-bond acceptors (Lipinski definition) is 10. The van der Waals surface area contributed by atoms with Crippen molar-refractivity contribution >= 4 is 33.5 Å². The van der Waals surface area contributed by atoms with Crippen LogP contribution in [0.5, 0.6) is 0 Å². The number of aromatic carboxylic acids is 1. The molecule has 0 unspecified atom stereocenters. The van der Waals surface area contributed by atoms with Gasteiger partial charge in [0.05, 0.1) is 29.6 Å². The lowest BCUT2D eigenvalue weighted by atomic mass is 10.0. The summed E-state index contributed by atoms with van der Waals surface area (Å²) in [4.78, 5) is 37.0. The van der Waals surface area contributed by atoms with Gasteiger partial charge >= 0.3 is 24.3 Å². The maximum atomic E-state index is 12.9. The van der Waals surface area contributed by atoms with Crippen LogP contribution in [0.15, 0.2) is 71.0 Å². The number of thioether (sulfide) groups is 1. The summed E-state index contributed by atoms with van der Waals surface area (Å²) < 4.78 is 105. The number of nitrogens with zero attached hydrogens (tertiary/aromatic N) is 4. The Hall–Kier alpha value is -4.58. The van der Waals surface area contributed by atoms with E-state index in [1.807, 2.05) is 0 Å². The molecule has 4 aromatic rings. The smallest absolute Gasteiger partial charge is 0.433 e. The maximum absolute atomic E-state index is 12.9. The number of aromatic nitrogens is 4. The summed E-state index contributed by atoms with van der Waals surface area (Å²) in [6, 6.07) is 12.7. The predicted molar refractivity (Wildman–Crippen MR) is 155 cm³/mol. The third kappa shape index (κ3) is 9.23. The van der Waals surface area contributed by atoms with Crippen LogP contribution in [-0.2, 0) is 26.9 Å². The van der Waals surface area contributed by atoms with Crippen LogP contribution < -0.4 is 0 Å². The number of benzene rings is 2. The lowest BCUT2D eigenvalue weighted by molar-refractivity contribution is -0.142. The number of esters is 1. The van der Waals surface area contributed by atoms with E-state index in [0.717, 1.165) is 17.8 Å². The minimum Gasteiger partial charge on any atom is -0.478 e. The first-order chi connectivity index (χ1) is 20.9. The highest BCUT2D eigenvalue weighted by molar-refractivity contribution is 7.98. The lowest BCUT2D eigenvalue weighted by Gasteiger charge is -2.11. The molecule has 0 spiro atoms. The highest BCUT2D eigenvalue weighted by Crippen LogP contribution is 2.34. The van der Waals surface area contributed by atoms with Crippen molar-refractivity contribution < 1.29 is 54.2 Å². The number of carbonyl (C=O) groups is 2. The Balaban J connectivity index is 0.000000314. The summed E-state index contributed by atoms with van der Waals surface area (Å²) in [5, 5.41) is 8.05. The molecule has 246 valence electrons. The highest BCUT2D eigenvalue weighted by Gasteiger charge is 2.36. The topological polar surface area (TPSA) is 149 Å². The zero-order valence-electron chi connectivity index (χ0n) is 23.1. The zero-order valence-corrected chi connectivity index (χ0v) is 24.8. The number of rotatable bonds is 6. The first-order valence-electron chi connectivity index (χ1n) is 12.0. The molecule has 0 aliphatic carbocycles. The molecule has 0 saturated heterocycles. The number of halogens is 6. The molecule has 2 aromatic heterocycles. The molecule has 0 aliphatic heterocycles. The van der Waals surface area contributed by atoms with Gasteiger partial charge in [-0.15, -0.1) is 0 Å². The molecule has 0 bridgehead atoms. The zero-order chi connectivity index (χ0) is 33.7. The van der Waals surface area contributed by atoms with Crippen molar-refractivity contribution in [2.24, 2.45) is 0 Å². The molecular formula is C28H24F6N4O6S2. The first kappa shape index (κ1) is 37.6. The number of sulfone groups is 1. The Labute approximate surface area is 262 Å². The van der Waals surface area contributed by atoms with E-state index >= 15 is 0 Å². The Kier molecular flexibility index (Phi) is 12.0. The van der Waals surface area contributed by atoms with Gasteiger partial charge in [0.2, 0.25) is 15.0 Å². The number of methoxy groups -OCH3 is 1. The summed E-state index contributed by atoms with van der Waals surface area (Å²) in [6.45, 7) is 0. The van der Waals surface area contributed by atoms with Gasteiger partial charge in [0.15, 0.2) is 5.16 Å². The van der Waals surface area contributed by atoms with Gasteiger partial charge in [0, 0.05) is 17.4 Å². The average Bonchev–Trinajstić information content (AvgIpc) is 2.99. The van der Waals surface area contributed by atoms with E-state index in [-0.39, 0.29) is 40.5 Å². The first-order valence-corrected chi connectivity index (χ1v) is 15.2. The van der Waals surface area contributed by atoms with Crippen LogP contribution in [0.2, 0.25) is 0 Å². The van der Waals surface area contributed by atoms with Crippen LogP contribution in [0.4, 0.5) is 26.3 Å². The number of hydrogen-bond donors (Lipinski definition) is 1. The lowest BCUT2D eigenvalue weighted by Crippen LogP contribution is -2.14. The van der Waals surface area contributed by atoms with Crippen molar-refractivity contribution in [2.45, 2.75) is 30.1 Å². The Morgan fingerprint density at radius 2 is 1.24 bits per heavy atom. The van der Waals surface area contributed by atoms with Crippen LogP contribution >= 0.6 is 11.8 Å². The molecule has 46 heavy (non-hydrogen) atoms. The Morgan fingerprint density at radius 3 is 1.70 bits per heavy atom. The minimum atomic E-state index is -4.91. The van der Waals surface area contributed by atoms with Gasteiger partial charge in [-0.05, 0) is 30.5 Å². The standard InChI is InChI=1S/C14H11F3N2O2S.C13H9F3N2O4S.CH4/c1-21-12(20)9-6-4-3-5-8(9)10-7-11(14(15,16)17)19-13(18-10)22-2;1-23(21,22)12-17-9(6-10(18-12)13(14,15)16)7-4-2-3-5-8(7)11(19)20;/h3-7H,1-2H3;2-6H,1H3,(H,19,20);1H4. The van der Waals surface area contributed by atoms with E-state index in [1.54, 1.807) is 18.4 Å². The molecule has 4 rings (SSSR count). The molecule has 0 atom stereocenters. The van der Waals surface area contributed by atoms with Gasteiger partial charge in [-0.1, -0.05) is 55.6 Å². The normalized spacial score (nSPS) is 11.5. The Morgan fingerprint density at radius 1 is 0.783 bits per heavy atom. The summed E-state index contributed by atoms with van der Waals surface area (Å²) in [5.74, 6) is -2.03. The fourth-order valence-corrected chi connectivity index (χ4v) is 4.47. The van der Waals surface area contributed by atoms with Crippen molar-refractivity contribution in [2.75, 3.05) is 19.6 Å². The van der Waals surface area contributed by atoms with Gasteiger partial charge in [0.1, 0.15) is 11.4 Å². The van der Waals surface area contributed by atoms with Crippen molar-refractivity contribution in [3.63, 3.8) is 0 Å². The predicted octanol–water partition coefficient (Wildman–Crippen LogP) is 6.57. The number of carboxylic acids is 1. The molecule has 0 radical (unpaired) electrons. The number of carbonyl (C=O) groups excluding carboxylic acids is 1. The van der Waals surface area contributed by atoms with Gasteiger partial charge in [-0.2, -0.15) is 26.3 Å². The molecule has 0 saturated carbocycles. The highest BCUT2D eigenvalue weighted by atomic mass is 32.2. The van der Waals surface area contributed by atoms with Gasteiger partial charge < -0.3 is 9.84 Å². The summed E-state index contributed by atoms with van der Waals surface area (Å²) in [5.41, 5.74) is -2.99. The third-order valence-electron chi connectivity index (χ3n) is 5.55. The fourth-order valence-electron chi connectivity index (χ4n) is 3.56. The molecule has 0 amide bonds. The van der Waals surface area contributed by atoms with Crippen molar-refractivity contribution in [3.05, 3.63) is 83.2 Å².